The summed E-state index contributed by atoms with van der Waals surface area (Å²) in [5.41, 5.74) is 1.98. The zero-order valence-electron chi connectivity index (χ0n) is 11.4. The number of halogens is 1. The van der Waals surface area contributed by atoms with Crippen molar-refractivity contribution in [2.24, 2.45) is 0 Å². The van der Waals surface area contributed by atoms with E-state index in [0.717, 1.165) is 11.1 Å². The van der Waals surface area contributed by atoms with E-state index in [-0.39, 0.29) is 23.0 Å². The van der Waals surface area contributed by atoms with E-state index in [1.165, 1.54) is 17.0 Å². The van der Waals surface area contributed by atoms with Crippen LogP contribution >= 0.6 is 0 Å². The van der Waals surface area contributed by atoms with Crippen LogP contribution in [0.5, 0.6) is 5.75 Å². The highest BCUT2D eigenvalue weighted by atomic mass is 19.1. The highest BCUT2D eigenvalue weighted by Gasteiger charge is 2.15. The summed E-state index contributed by atoms with van der Waals surface area (Å²) >= 11 is 0. The van der Waals surface area contributed by atoms with Gasteiger partial charge in [0.1, 0.15) is 11.6 Å². The number of nitrogens with zero attached hydrogens (tertiary/aromatic N) is 1. The zero-order chi connectivity index (χ0) is 14.7. The summed E-state index contributed by atoms with van der Waals surface area (Å²) in [7, 11) is 1.64. The van der Waals surface area contributed by atoms with E-state index in [1.54, 1.807) is 37.4 Å². The number of benzene rings is 2. The van der Waals surface area contributed by atoms with Crippen molar-refractivity contribution in [1.29, 1.82) is 0 Å². The lowest BCUT2D eigenvalue weighted by Gasteiger charge is -2.18. The van der Waals surface area contributed by atoms with Crippen LogP contribution in [0.3, 0.4) is 0 Å². The van der Waals surface area contributed by atoms with Gasteiger partial charge in [-0.2, -0.15) is 0 Å². The van der Waals surface area contributed by atoms with Gasteiger partial charge in [0.05, 0.1) is 5.56 Å². The third-order valence-corrected chi connectivity index (χ3v) is 3.06. The Morgan fingerprint density at radius 2 is 1.85 bits per heavy atom. The van der Waals surface area contributed by atoms with Gasteiger partial charge in [0.2, 0.25) is 0 Å². The number of phenols is 1. The van der Waals surface area contributed by atoms with Crippen molar-refractivity contribution in [2.75, 3.05) is 7.05 Å². The Labute approximate surface area is 117 Å². The molecule has 0 heterocycles. The Hall–Kier alpha value is -2.36. The normalized spacial score (nSPS) is 10.3. The molecule has 0 aliphatic heterocycles. The highest BCUT2D eigenvalue weighted by Crippen LogP contribution is 2.20. The number of phenolic OH excluding ortho intramolecular Hbond substituents is 1. The summed E-state index contributed by atoms with van der Waals surface area (Å²) in [6.07, 6.45) is 0. The molecule has 0 aromatic heterocycles. The van der Waals surface area contributed by atoms with Crippen LogP contribution in [0.2, 0.25) is 0 Å². The fourth-order valence-electron chi connectivity index (χ4n) is 1.96. The van der Waals surface area contributed by atoms with Gasteiger partial charge in [-0.1, -0.05) is 18.2 Å². The second-order valence-electron chi connectivity index (χ2n) is 4.81. The summed E-state index contributed by atoms with van der Waals surface area (Å²) in [4.78, 5) is 13.7. The average molecular weight is 273 g/mol. The van der Waals surface area contributed by atoms with Gasteiger partial charge in [-0.25, -0.2) is 4.39 Å². The fourth-order valence-corrected chi connectivity index (χ4v) is 1.96. The molecule has 4 heteroatoms. The lowest BCUT2D eigenvalue weighted by Crippen LogP contribution is -2.26. The molecule has 104 valence electrons. The van der Waals surface area contributed by atoms with E-state index in [9.17, 15) is 14.3 Å². The molecule has 1 N–H and O–H groups in total. The van der Waals surface area contributed by atoms with Gasteiger partial charge in [-0.3, -0.25) is 4.79 Å². The molecule has 1 amide bonds. The number of hydrogen-bond donors (Lipinski definition) is 1. The van der Waals surface area contributed by atoms with Gasteiger partial charge >= 0.3 is 0 Å². The van der Waals surface area contributed by atoms with Crippen LogP contribution in [0.1, 0.15) is 21.5 Å². The molecule has 0 bridgehead atoms. The number of rotatable bonds is 3. The molecule has 3 nitrogen and oxygen atoms in total. The standard InChI is InChI=1S/C16H16FNO2/c1-11-3-8-14(15(19)9-11)16(20)18(2)10-12-4-6-13(17)7-5-12/h3-9,19H,10H2,1-2H3. The first-order chi connectivity index (χ1) is 9.47. The molecule has 0 fully saturated rings. The molecule has 2 rings (SSSR count). The van der Waals surface area contributed by atoms with Crippen LogP contribution in [-0.2, 0) is 6.54 Å². The van der Waals surface area contributed by atoms with Crippen LogP contribution in [0.15, 0.2) is 42.5 Å². The molecular formula is C16H16FNO2. The van der Waals surface area contributed by atoms with Gasteiger partial charge in [-0.15, -0.1) is 0 Å². The van der Waals surface area contributed by atoms with Crippen molar-refractivity contribution in [3.63, 3.8) is 0 Å². The van der Waals surface area contributed by atoms with E-state index in [0.29, 0.717) is 6.54 Å². The summed E-state index contributed by atoms with van der Waals surface area (Å²) in [5, 5.41) is 9.82. The van der Waals surface area contributed by atoms with E-state index in [1.807, 2.05) is 6.92 Å². The Morgan fingerprint density at radius 3 is 2.45 bits per heavy atom. The lowest BCUT2D eigenvalue weighted by molar-refractivity contribution is 0.0782. The molecule has 0 radical (unpaired) electrons. The lowest BCUT2D eigenvalue weighted by atomic mass is 10.1. The van der Waals surface area contributed by atoms with Crippen LogP contribution in [-0.4, -0.2) is 23.0 Å². The number of carbonyl (C=O) groups excluding carboxylic acids is 1. The maximum atomic E-state index is 12.8. The van der Waals surface area contributed by atoms with Crippen molar-refractivity contribution in [1.82, 2.24) is 4.90 Å². The first kappa shape index (κ1) is 14.1. The maximum Gasteiger partial charge on any atom is 0.257 e. The van der Waals surface area contributed by atoms with E-state index in [2.05, 4.69) is 0 Å². The van der Waals surface area contributed by atoms with Crippen molar-refractivity contribution < 1.29 is 14.3 Å². The average Bonchev–Trinajstić information content (AvgIpc) is 2.40. The molecule has 0 saturated carbocycles. The van der Waals surface area contributed by atoms with Crippen molar-refractivity contribution in [2.45, 2.75) is 13.5 Å². The quantitative estimate of drug-likeness (QED) is 0.933. The Morgan fingerprint density at radius 1 is 1.20 bits per heavy atom. The molecule has 2 aromatic carbocycles. The topological polar surface area (TPSA) is 40.5 Å². The van der Waals surface area contributed by atoms with E-state index >= 15 is 0 Å². The summed E-state index contributed by atoms with van der Waals surface area (Å²) in [6.45, 7) is 2.20. The molecule has 20 heavy (non-hydrogen) atoms. The summed E-state index contributed by atoms with van der Waals surface area (Å²) < 4.78 is 12.8. The second-order valence-corrected chi connectivity index (χ2v) is 4.81. The van der Waals surface area contributed by atoms with Crippen molar-refractivity contribution in [3.8, 4) is 5.75 Å². The van der Waals surface area contributed by atoms with E-state index in [4.69, 9.17) is 0 Å². The van der Waals surface area contributed by atoms with Gasteiger partial charge in [0, 0.05) is 13.6 Å². The predicted octanol–water partition coefficient (Wildman–Crippen LogP) is 3.11. The molecule has 0 atom stereocenters. The first-order valence-corrected chi connectivity index (χ1v) is 6.27. The summed E-state index contributed by atoms with van der Waals surface area (Å²) in [5.74, 6) is -0.605. The number of carbonyl (C=O) groups is 1. The van der Waals surface area contributed by atoms with Crippen molar-refractivity contribution in [3.05, 3.63) is 65.0 Å². The zero-order valence-corrected chi connectivity index (χ0v) is 11.4. The first-order valence-electron chi connectivity index (χ1n) is 6.27. The molecule has 0 unspecified atom stereocenters. The third-order valence-electron chi connectivity index (χ3n) is 3.06. The Kier molecular flexibility index (Phi) is 4.03. The SMILES string of the molecule is Cc1ccc(C(=O)N(C)Cc2ccc(F)cc2)c(O)c1. The molecular weight excluding hydrogens is 257 g/mol. The minimum Gasteiger partial charge on any atom is -0.507 e. The van der Waals surface area contributed by atoms with Crippen molar-refractivity contribution >= 4 is 5.91 Å². The van der Waals surface area contributed by atoms with Gasteiger partial charge in [0.15, 0.2) is 0 Å². The van der Waals surface area contributed by atoms with Gasteiger partial charge in [-0.05, 0) is 42.3 Å². The summed E-state index contributed by atoms with van der Waals surface area (Å²) in [6, 6.07) is 10.9. The van der Waals surface area contributed by atoms with Crippen LogP contribution in [0.4, 0.5) is 4.39 Å². The number of aryl methyl sites for hydroxylation is 1. The highest BCUT2D eigenvalue weighted by molar-refractivity contribution is 5.96. The second kappa shape index (κ2) is 5.74. The fraction of sp³-hybridized carbons (Fsp3) is 0.188. The molecule has 2 aromatic rings. The smallest absolute Gasteiger partial charge is 0.257 e. The monoisotopic (exact) mass is 273 g/mol. The number of aromatic hydroxyl groups is 1. The maximum absolute atomic E-state index is 12.8. The molecule has 0 saturated heterocycles. The van der Waals surface area contributed by atoms with E-state index < -0.39 is 0 Å². The number of hydrogen-bond acceptors (Lipinski definition) is 2. The minimum atomic E-state index is -0.307. The molecule has 0 aliphatic rings. The van der Waals surface area contributed by atoms with Crippen LogP contribution in [0.25, 0.3) is 0 Å². The largest absolute Gasteiger partial charge is 0.507 e. The van der Waals surface area contributed by atoms with Gasteiger partial charge < -0.3 is 10.0 Å². The predicted molar refractivity (Wildman–Crippen MR) is 75.0 cm³/mol. The molecule has 0 aliphatic carbocycles. The third kappa shape index (κ3) is 3.15. The number of amides is 1. The minimum absolute atomic E-state index is 0.0269. The Bertz CT molecular complexity index is 623. The van der Waals surface area contributed by atoms with Crippen LogP contribution < -0.4 is 0 Å². The molecule has 0 spiro atoms. The van der Waals surface area contributed by atoms with Gasteiger partial charge in [0.25, 0.3) is 5.91 Å². The van der Waals surface area contributed by atoms with Crippen LogP contribution in [0, 0.1) is 12.7 Å². The Balaban J connectivity index is 2.14.